The Labute approximate surface area is 203 Å². The van der Waals surface area contributed by atoms with Crippen LogP contribution in [0.1, 0.15) is 64.2 Å². The van der Waals surface area contributed by atoms with E-state index >= 15 is 0 Å². The maximum Gasteiger partial charge on any atom is 0.294 e. The van der Waals surface area contributed by atoms with E-state index in [0.29, 0.717) is 41.3 Å². The normalized spacial score (nSPS) is 29.2. The topological polar surface area (TPSA) is 113 Å². The van der Waals surface area contributed by atoms with E-state index in [1.807, 2.05) is 0 Å². The highest BCUT2D eigenvalue weighted by molar-refractivity contribution is 6.43. The second-order valence-electron chi connectivity index (χ2n) is 10.3. The summed E-state index contributed by atoms with van der Waals surface area (Å²) in [5, 5.41) is 16.8. The molecule has 2 aromatic heterocycles. The molecule has 2 atom stereocenters. The zero-order valence-corrected chi connectivity index (χ0v) is 20.3. The SMILES string of the molecule is Cc1c(C(=O)Nc2ccnc(Cl)c2)c(C)n(C)c1C(=O)C(=O)NC1C2CC3CC1CC(O)(C3)C2. The fourth-order valence-electron chi connectivity index (χ4n) is 6.85. The number of carbonyl (C=O) groups is 3. The van der Waals surface area contributed by atoms with Gasteiger partial charge in [0, 0.05) is 30.7 Å². The van der Waals surface area contributed by atoms with Gasteiger partial charge in [0.1, 0.15) is 5.15 Å². The number of nitrogens with zero attached hydrogens (tertiary/aromatic N) is 2. The molecular formula is C25H29ClN4O4. The van der Waals surface area contributed by atoms with Crippen LogP contribution in [-0.4, -0.2) is 43.9 Å². The van der Waals surface area contributed by atoms with Crippen LogP contribution in [0, 0.1) is 31.6 Å². The molecular weight excluding hydrogens is 456 g/mol. The smallest absolute Gasteiger partial charge is 0.294 e. The van der Waals surface area contributed by atoms with Crippen LogP contribution in [0.3, 0.4) is 0 Å². The summed E-state index contributed by atoms with van der Waals surface area (Å²) >= 11 is 5.91. The molecule has 4 fully saturated rings. The number of ketones is 1. The molecule has 0 saturated heterocycles. The monoisotopic (exact) mass is 484 g/mol. The summed E-state index contributed by atoms with van der Waals surface area (Å²) in [4.78, 5) is 43.3. The number of aromatic nitrogens is 2. The van der Waals surface area contributed by atoms with Gasteiger partial charge in [-0.2, -0.15) is 0 Å². The van der Waals surface area contributed by atoms with Crippen molar-refractivity contribution in [2.45, 2.75) is 57.6 Å². The van der Waals surface area contributed by atoms with Gasteiger partial charge in [-0.05, 0) is 81.4 Å². The molecule has 2 amide bonds. The number of hydrogen-bond donors (Lipinski definition) is 3. The van der Waals surface area contributed by atoms with Crippen molar-refractivity contribution >= 4 is 34.9 Å². The largest absolute Gasteiger partial charge is 0.390 e. The van der Waals surface area contributed by atoms with Gasteiger partial charge in [-0.25, -0.2) is 4.98 Å². The Balaban J connectivity index is 1.35. The quantitative estimate of drug-likeness (QED) is 0.342. The van der Waals surface area contributed by atoms with E-state index in [1.54, 1.807) is 31.5 Å². The minimum atomic E-state index is -0.652. The van der Waals surface area contributed by atoms with E-state index < -0.39 is 17.3 Å². The number of aliphatic hydroxyl groups is 1. The summed E-state index contributed by atoms with van der Waals surface area (Å²) in [5.41, 5.74) is 1.48. The zero-order valence-electron chi connectivity index (χ0n) is 19.5. The Morgan fingerprint density at radius 3 is 2.47 bits per heavy atom. The molecule has 2 heterocycles. The van der Waals surface area contributed by atoms with Gasteiger partial charge < -0.3 is 20.3 Å². The van der Waals surface area contributed by atoms with E-state index in [1.165, 1.54) is 12.3 Å². The second-order valence-corrected chi connectivity index (χ2v) is 10.7. The maximum absolute atomic E-state index is 13.3. The first-order valence-corrected chi connectivity index (χ1v) is 12.1. The molecule has 2 unspecified atom stereocenters. The number of nitrogens with one attached hydrogen (secondary N) is 2. The van der Waals surface area contributed by atoms with Gasteiger partial charge in [-0.15, -0.1) is 0 Å². The predicted molar refractivity (Wildman–Crippen MR) is 127 cm³/mol. The molecule has 3 N–H and O–H groups in total. The lowest BCUT2D eigenvalue weighted by Crippen LogP contribution is -2.62. The lowest BCUT2D eigenvalue weighted by atomic mass is 9.52. The Bertz CT molecular complexity index is 1190. The molecule has 0 radical (unpaired) electrons. The molecule has 6 rings (SSSR count). The Morgan fingerprint density at radius 1 is 1.18 bits per heavy atom. The average molecular weight is 485 g/mol. The van der Waals surface area contributed by atoms with Crippen LogP contribution in [0.15, 0.2) is 18.3 Å². The molecule has 2 aromatic rings. The summed E-state index contributed by atoms with van der Waals surface area (Å²) < 4.78 is 1.60. The second kappa shape index (κ2) is 8.20. The summed E-state index contributed by atoms with van der Waals surface area (Å²) in [6.07, 6.45) is 5.70. The third kappa shape index (κ3) is 3.82. The van der Waals surface area contributed by atoms with Gasteiger partial charge in [-0.1, -0.05) is 11.6 Å². The fraction of sp³-hybridized carbons (Fsp3) is 0.520. The number of hydrogen-bond acceptors (Lipinski definition) is 5. The molecule has 9 heteroatoms. The zero-order chi connectivity index (χ0) is 24.4. The third-order valence-electron chi connectivity index (χ3n) is 8.10. The minimum Gasteiger partial charge on any atom is -0.390 e. The average Bonchev–Trinajstić information content (AvgIpc) is 2.97. The number of anilines is 1. The van der Waals surface area contributed by atoms with E-state index in [0.717, 1.165) is 19.3 Å². The molecule has 34 heavy (non-hydrogen) atoms. The van der Waals surface area contributed by atoms with Gasteiger partial charge in [0.25, 0.3) is 17.6 Å². The number of Topliss-reactive ketones (excluding diaryl/α,β-unsaturated/α-hetero) is 1. The Hall–Kier alpha value is -2.71. The molecule has 0 aromatic carbocycles. The van der Waals surface area contributed by atoms with Gasteiger partial charge in [-0.3, -0.25) is 14.4 Å². The van der Waals surface area contributed by atoms with Crippen molar-refractivity contribution in [3.63, 3.8) is 0 Å². The minimum absolute atomic E-state index is 0.0887. The maximum atomic E-state index is 13.3. The summed E-state index contributed by atoms with van der Waals surface area (Å²) in [5.74, 6) is -0.764. The highest BCUT2D eigenvalue weighted by Crippen LogP contribution is 2.55. The van der Waals surface area contributed by atoms with Gasteiger partial charge in [0.05, 0.1) is 16.9 Å². The van der Waals surface area contributed by atoms with E-state index in [-0.39, 0.29) is 34.6 Å². The molecule has 8 nitrogen and oxygen atoms in total. The van der Waals surface area contributed by atoms with Crippen LogP contribution in [0.5, 0.6) is 0 Å². The third-order valence-corrected chi connectivity index (χ3v) is 8.31. The number of halogens is 1. The summed E-state index contributed by atoms with van der Waals surface area (Å²) in [6.45, 7) is 3.43. The van der Waals surface area contributed by atoms with Crippen LogP contribution < -0.4 is 10.6 Å². The Morgan fingerprint density at radius 2 is 1.85 bits per heavy atom. The summed E-state index contributed by atoms with van der Waals surface area (Å²) in [6, 6.07) is 3.07. The molecule has 0 aliphatic heterocycles. The summed E-state index contributed by atoms with van der Waals surface area (Å²) in [7, 11) is 1.68. The van der Waals surface area contributed by atoms with Crippen LogP contribution in [-0.2, 0) is 11.8 Å². The van der Waals surface area contributed by atoms with Crippen molar-refractivity contribution in [3.8, 4) is 0 Å². The highest BCUT2D eigenvalue weighted by atomic mass is 35.5. The van der Waals surface area contributed by atoms with Crippen molar-refractivity contribution in [3.05, 3.63) is 46.0 Å². The number of rotatable bonds is 5. The van der Waals surface area contributed by atoms with Crippen LogP contribution in [0.25, 0.3) is 0 Å². The van der Waals surface area contributed by atoms with Crippen molar-refractivity contribution in [2.75, 3.05) is 5.32 Å². The first kappa shape index (κ1) is 23.1. The lowest BCUT2D eigenvalue weighted by molar-refractivity contribution is -0.144. The standard InChI is InChI=1S/C25H29ClN4O4/c1-12-19(23(32)28-17-4-5-27-18(26)8-17)13(2)30(3)21(12)22(31)24(33)29-20-15-6-14-7-16(20)11-25(34,9-14)10-15/h4-5,8,14-16,20,34H,6-7,9-11H2,1-3H3,(H,29,33)(H,27,28,32). The van der Waals surface area contributed by atoms with Crippen molar-refractivity contribution in [2.24, 2.45) is 24.8 Å². The van der Waals surface area contributed by atoms with E-state index in [4.69, 9.17) is 11.6 Å². The van der Waals surface area contributed by atoms with Crippen LogP contribution in [0.4, 0.5) is 5.69 Å². The van der Waals surface area contributed by atoms with Crippen LogP contribution in [0.2, 0.25) is 5.15 Å². The molecule has 4 aliphatic carbocycles. The number of amides is 2. The molecule has 0 spiro atoms. The first-order valence-electron chi connectivity index (χ1n) is 11.7. The Kier molecular flexibility index (Phi) is 5.56. The van der Waals surface area contributed by atoms with Gasteiger partial charge in [0.15, 0.2) is 0 Å². The molecule has 180 valence electrons. The van der Waals surface area contributed by atoms with Gasteiger partial charge in [0.2, 0.25) is 0 Å². The number of pyridine rings is 1. The van der Waals surface area contributed by atoms with E-state index in [2.05, 4.69) is 15.6 Å². The predicted octanol–water partition coefficient (Wildman–Crippen LogP) is 3.18. The van der Waals surface area contributed by atoms with Crippen molar-refractivity contribution in [1.29, 1.82) is 0 Å². The van der Waals surface area contributed by atoms with Crippen LogP contribution >= 0.6 is 11.6 Å². The fourth-order valence-corrected chi connectivity index (χ4v) is 7.02. The van der Waals surface area contributed by atoms with Crippen molar-refractivity contribution in [1.82, 2.24) is 14.9 Å². The van der Waals surface area contributed by atoms with Crippen molar-refractivity contribution < 1.29 is 19.5 Å². The number of carbonyl (C=O) groups excluding carboxylic acids is 3. The molecule has 4 aliphatic rings. The first-order chi connectivity index (χ1) is 16.1. The van der Waals surface area contributed by atoms with E-state index in [9.17, 15) is 19.5 Å². The molecule has 4 saturated carbocycles. The highest BCUT2D eigenvalue weighted by Gasteiger charge is 2.55. The molecule has 4 bridgehead atoms. The lowest BCUT2D eigenvalue weighted by Gasteiger charge is -2.58. The van der Waals surface area contributed by atoms with Gasteiger partial charge >= 0.3 is 0 Å².